The second-order valence-corrected chi connectivity index (χ2v) is 8.93. The first-order chi connectivity index (χ1) is 17.6. The van der Waals surface area contributed by atoms with Crippen molar-refractivity contribution in [3.8, 4) is 17.1 Å². The largest absolute Gasteiger partial charge is 0.478 e. The molecule has 1 N–H and O–H groups in total. The van der Waals surface area contributed by atoms with Crippen LogP contribution in [0.1, 0.15) is 61.7 Å². The third-order valence-corrected chi connectivity index (χ3v) is 6.17. The van der Waals surface area contributed by atoms with Crippen LogP contribution >= 0.6 is 0 Å². The van der Waals surface area contributed by atoms with E-state index in [1.54, 1.807) is 12.1 Å². The van der Waals surface area contributed by atoms with Crippen molar-refractivity contribution in [2.24, 2.45) is 0 Å². The molecule has 3 aromatic carbocycles. The zero-order valence-electron chi connectivity index (χ0n) is 20.9. The number of aromatic nitrogens is 3. The molecule has 0 fully saturated rings. The standard InChI is InChI=1S/C30H33N3O3/c1-3-5-17-27-31-32-29(24-15-10-7-11-16-24)33(27)21-22-18-19-26(25(20-22)12-4-2)36-28(30(34)35)23-13-8-6-9-14-23/h6-11,13-16,18-20,28H,3-5,12,17,21H2,1-2H3,(H,34,35). The fraction of sp³-hybridized carbons (Fsp3) is 0.300. The maximum Gasteiger partial charge on any atom is 0.349 e. The Morgan fingerprint density at radius 2 is 1.64 bits per heavy atom. The van der Waals surface area contributed by atoms with E-state index < -0.39 is 12.1 Å². The number of aryl methyl sites for hydroxylation is 2. The number of carboxylic acid groups (broad SMARTS) is 1. The molecule has 0 saturated carbocycles. The van der Waals surface area contributed by atoms with Crippen LogP contribution in [0.3, 0.4) is 0 Å². The Bertz CT molecular complexity index is 1270. The van der Waals surface area contributed by atoms with Crippen molar-refractivity contribution >= 4 is 5.97 Å². The van der Waals surface area contributed by atoms with E-state index in [1.165, 1.54) is 0 Å². The van der Waals surface area contributed by atoms with Crippen molar-refractivity contribution in [2.45, 2.75) is 58.6 Å². The van der Waals surface area contributed by atoms with Crippen molar-refractivity contribution < 1.29 is 14.6 Å². The van der Waals surface area contributed by atoms with Gasteiger partial charge in [-0.1, -0.05) is 99.5 Å². The lowest BCUT2D eigenvalue weighted by Crippen LogP contribution is -2.19. The van der Waals surface area contributed by atoms with Gasteiger partial charge >= 0.3 is 5.97 Å². The number of benzene rings is 3. The predicted octanol–water partition coefficient (Wildman–Crippen LogP) is 6.49. The summed E-state index contributed by atoms with van der Waals surface area (Å²) >= 11 is 0. The Morgan fingerprint density at radius 3 is 2.31 bits per heavy atom. The minimum Gasteiger partial charge on any atom is -0.478 e. The molecule has 0 amide bonds. The highest BCUT2D eigenvalue weighted by atomic mass is 16.5. The molecule has 0 spiro atoms. The smallest absolute Gasteiger partial charge is 0.349 e. The highest BCUT2D eigenvalue weighted by Gasteiger charge is 2.23. The lowest BCUT2D eigenvalue weighted by Gasteiger charge is -2.19. The molecule has 1 heterocycles. The van der Waals surface area contributed by atoms with E-state index in [0.29, 0.717) is 17.9 Å². The third kappa shape index (κ3) is 6.00. The van der Waals surface area contributed by atoms with Crippen molar-refractivity contribution in [1.29, 1.82) is 0 Å². The quantitative estimate of drug-likeness (QED) is 0.249. The lowest BCUT2D eigenvalue weighted by molar-refractivity contribution is -0.145. The fourth-order valence-electron chi connectivity index (χ4n) is 4.33. The average molecular weight is 484 g/mol. The molecule has 1 unspecified atom stereocenters. The average Bonchev–Trinajstić information content (AvgIpc) is 3.30. The van der Waals surface area contributed by atoms with Gasteiger partial charge in [-0.25, -0.2) is 4.79 Å². The van der Waals surface area contributed by atoms with Crippen molar-refractivity contribution in [1.82, 2.24) is 14.8 Å². The highest BCUT2D eigenvalue weighted by molar-refractivity contribution is 5.75. The molecule has 0 aliphatic heterocycles. The molecule has 4 aromatic rings. The Hall–Kier alpha value is -3.93. The molecule has 0 bridgehead atoms. The van der Waals surface area contributed by atoms with Gasteiger partial charge in [0, 0.05) is 17.5 Å². The minimum absolute atomic E-state index is 0.607. The number of carbonyl (C=O) groups is 1. The topological polar surface area (TPSA) is 77.2 Å². The second kappa shape index (κ2) is 12.2. The summed E-state index contributed by atoms with van der Waals surface area (Å²) in [5.41, 5.74) is 3.76. The summed E-state index contributed by atoms with van der Waals surface area (Å²) in [6.07, 6.45) is 3.67. The molecule has 6 nitrogen and oxygen atoms in total. The number of ether oxygens (including phenoxy) is 1. The normalized spacial score (nSPS) is 11.8. The van der Waals surface area contributed by atoms with Gasteiger partial charge in [0.1, 0.15) is 11.6 Å². The van der Waals surface area contributed by atoms with Gasteiger partial charge in [-0.3, -0.25) is 0 Å². The summed E-state index contributed by atoms with van der Waals surface area (Å²) in [5.74, 6) is 1.43. The van der Waals surface area contributed by atoms with Crippen LogP contribution < -0.4 is 4.74 Å². The van der Waals surface area contributed by atoms with E-state index >= 15 is 0 Å². The molecular weight excluding hydrogens is 450 g/mol. The lowest BCUT2D eigenvalue weighted by atomic mass is 10.0. The van der Waals surface area contributed by atoms with Crippen LogP contribution in [0.4, 0.5) is 0 Å². The molecule has 0 saturated heterocycles. The van der Waals surface area contributed by atoms with E-state index in [1.807, 2.05) is 48.5 Å². The van der Waals surface area contributed by atoms with Gasteiger partial charge in [0.05, 0.1) is 6.54 Å². The summed E-state index contributed by atoms with van der Waals surface area (Å²) in [7, 11) is 0. The number of hydrogen-bond acceptors (Lipinski definition) is 4. The van der Waals surface area contributed by atoms with Crippen molar-refractivity contribution in [2.75, 3.05) is 0 Å². The molecular formula is C30H33N3O3. The summed E-state index contributed by atoms with van der Waals surface area (Å²) in [5, 5.41) is 18.9. The monoisotopic (exact) mass is 483 g/mol. The minimum atomic E-state index is -1.06. The van der Waals surface area contributed by atoms with Crippen LogP contribution in [0.5, 0.6) is 5.75 Å². The van der Waals surface area contributed by atoms with Crippen LogP contribution in [0.2, 0.25) is 0 Å². The molecule has 0 aliphatic carbocycles. The van der Waals surface area contributed by atoms with E-state index in [2.05, 4.69) is 46.8 Å². The van der Waals surface area contributed by atoms with Gasteiger partial charge in [-0.2, -0.15) is 0 Å². The van der Waals surface area contributed by atoms with Gasteiger partial charge in [0.15, 0.2) is 5.82 Å². The van der Waals surface area contributed by atoms with E-state index in [4.69, 9.17) is 4.74 Å². The molecule has 4 rings (SSSR count). The van der Waals surface area contributed by atoms with Gasteiger partial charge in [-0.05, 0) is 30.0 Å². The molecule has 0 radical (unpaired) electrons. The number of unbranched alkanes of at least 4 members (excludes halogenated alkanes) is 1. The van der Waals surface area contributed by atoms with E-state index in [-0.39, 0.29) is 0 Å². The summed E-state index contributed by atoms with van der Waals surface area (Å²) in [6, 6.07) is 25.2. The van der Waals surface area contributed by atoms with Crippen LogP contribution in [0.15, 0.2) is 78.9 Å². The highest BCUT2D eigenvalue weighted by Crippen LogP contribution is 2.29. The maximum absolute atomic E-state index is 12.0. The van der Waals surface area contributed by atoms with Gasteiger partial charge in [0.2, 0.25) is 6.10 Å². The predicted molar refractivity (Wildman–Crippen MR) is 141 cm³/mol. The summed E-state index contributed by atoms with van der Waals surface area (Å²) in [6.45, 7) is 4.92. The van der Waals surface area contributed by atoms with Crippen molar-refractivity contribution in [3.05, 3.63) is 101 Å². The maximum atomic E-state index is 12.0. The summed E-state index contributed by atoms with van der Waals surface area (Å²) in [4.78, 5) is 12.0. The van der Waals surface area contributed by atoms with Crippen LogP contribution in [-0.2, 0) is 24.2 Å². The molecule has 1 aromatic heterocycles. The number of rotatable bonds is 12. The Kier molecular flexibility index (Phi) is 8.50. The van der Waals surface area contributed by atoms with Crippen molar-refractivity contribution in [3.63, 3.8) is 0 Å². The third-order valence-electron chi connectivity index (χ3n) is 6.17. The van der Waals surface area contributed by atoms with E-state index in [9.17, 15) is 9.90 Å². The molecule has 186 valence electrons. The number of hydrogen-bond donors (Lipinski definition) is 1. The SMILES string of the molecule is CCCCc1nnc(-c2ccccc2)n1Cc1ccc(OC(C(=O)O)c2ccccc2)c(CCC)c1. The van der Waals surface area contributed by atoms with Gasteiger partial charge in [0.25, 0.3) is 0 Å². The van der Waals surface area contributed by atoms with Crippen LogP contribution in [0.25, 0.3) is 11.4 Å². The first kappa shape index (κ1) is 25.2. The van der Waals surface area contributed by atoms with Crippen LogP contribution in [0, 0.1) is 0 Å². The Balaban J connectivity index is 1.66. The molecule has 6 heteroatoms. The van der Waals surface area contributed by atoms with E-state index in [0.717, 1.165) is 60.4 Å². The first-order valence-electron chi connectivity index (χ1n) is 12.6. The zero-order chi connectivity index (χ0) is 25.3. The van der Waals surface area contributed by atoms with Crippen LogP contribution in [-0.4, -0.2) is 25.8 Å². The molecule has 0 aliphatic rings. The number of aliphatic carboxylic acids is 1. The number of carboxylic acids is 1. The zero-order valence-corrected chi connectivity index (χ0v) is 20.9. The van der Waals surface area contributed by atoms with Gasteiger partial charge < -0.3 is 14.4 Å². The Labute approximate surface area is 212 Å². The fourth-order valence-corrected chi connectivity index (χ4v) is 4.33. The number of nitrogens with zero attached hydrogens (tertiary/aromatic N) is 3. The molecule has 1 atom stereocenters. The van der Waals surface area contributed by atoms with Gasteiger partial charge in [-0.15, -0.1) is 10.2 Å². The molecule has 36 heavy (non-hydrogen) atoms. The summed E-state index contributed by atoms with van der Waals surface area (Å²) < 4.78 is 8.27. The second-order valence-electron chi connectivity index (χ2n) is 8.93. The Morgan fingerprint density at radius 1 is 0.917 bits per heavy atom. The first-order valence-corrected chi connectivity index (χ1v) is 12.6.